The minimum atomic E-state index is -0.240. The minimum Gasteiger partial charge on any atom is -0.331 e. The van der Waals surface area contributed by atoms with E-state index in [2.05, 4.69) is 20.6 Å². The van der Waals surface area contributed by atoms with Gasteiger partial charge in [0.15, 0.2) is 0 Å². The number of urea groups is 1. The maximum absolute atomic E-state index is 12.1. The fraction of sp³-hybridized carbons (Fsp3) is 0.118. The van der Waals surface area contributed by atoms with Gasteiger partial charge in [0.2, 0.25) is 0 Å². The summed E-state index contributed by atoms with van der Waals surface area (Å²) in [4.78, 5) is 20.3. The molecular formula is C17H16N4OS. The Labute approximate surface area is 138 Å². The molecule has 1 aromatic carbocycles. The van der Waals surface area contributed by atoms with Gasteiger partial charge in [0.25, 0.3) is 0 Å². The zero-order valence-electron chi connectivity index (χ0n) is 12.6. The van der Waals surface area contributed by atoms with Crippen molar-refractivity contribution in [3.8, 4) is 10.6 Å². The van der Waals surface area contributed by atoms with Crippen LogP contribution in [-0.4, -0.2) is 16.0 Å². The molecule has 0 radical (unpaired) electrons. The summed E-state index contributed by atoms with van der Waals surface area (Å²) in [5.74, 6) is 0. The number of benzene rings is 1. The summed E-state index contributed by atoms with van der Waals surface area (Å²) in [5, 5.41) is 8.64. The number of aromatic nitrogens is 2. The summed E-state index contributed by atoms with van der Waals surface area (Å²) in [6, 6.07) is 11.1. The predicted molar refractivity (Wildman–Crippen MR) is 92.4 cm³/mol. The molecule has 116 valence electrons. The van der Waals surface area contributed by atoms with Crippen LogP contribution in [0.15, 0.2) is 60.4 Å². The molecule has 1 unspecified atom stereocenters. The summed E-state index contributed by atoms with van der Waals surface area (Å²) in [7, 11) is 0. The molecule has 0 saturated carbocycles. The molecule has 2 amide bonds. The Bertz CT molecular complexity index is 757. The zero-order chi connectivity index (χ0) is 16.1. The van der Waals surface area contributed by atoms with E-state index in [1.54, 1.807) is 29.9 Å². The summed E-state index contributed by atoms with van der Waals surface area (Å²) < 4.78 is 0. The van der Waals surface area contributed by atoms with Crippen LogP contribution in [0, 0.1) is 0 Å². The van der Waals surface area contributed by atoms with Crippen LogP contribution in [0.1, 0.15) is 18.5 Å². The van der Waals surface area contributed by atoms with Gasteiger partial charge in [-0.3, -0.25) is 4.98 Å². The van der Waals surface area contributed by atoms with Crippen molar-refractivity contribution in [3.05, 3.63) is 65.9 Å². The molecule has 0 spiro atoms. The Morgan fingerprint density at radius 3 is 2.48 bits per heavy atom. The van der Waals surface area contributed by atoms with Gasteiger partial charge in [-0.25, -0.2) is 9.78 Å². The molecule has 23 heavy (non-hydrogen) atoms. The van der Waals surface area contributed by atoms with Crippen LogP contribution in [0.5, 0.6) is 0 Å². The van der Waals surface area contributed by atoms with E-state index in [4.69, 9.17) is 0 Å². The number of hydrogen-bond donors (Lipinski definition) is 2. The number of nitrogens with one attached hydrogen (secondary N) is 2. The number of carbonyl (C=O) groups excluding carboxylic acids is 1. The Kier molecular flexibility index (Phi) is 4.63. The molecule has 0 saturated heterocycles. The van der Waals surface area contributed by atoms with Gasteiger partial charge in [-0.1, -0.05) is 0 Å². The molecule has 2 N–H and O–H groups in total. The third-order valence-corrected chi connectivity index (χ3v) is 4.20. The van der Waals surface area contributed by atoms with Crippen LogP contribution in [-0.2, 0) is 0 Å². The first kappa shape index (κ1) is 15.2. The summed E-state index contributed by atoms with van der Waals surface area (Å²) in [6.07, 6.45) is 5.20. The Balaban J connectivity index is 1.60. The summed E-state index contributed by atoms with van der Waals surface area (Å²) in [5.41, 5.74) is 2.79. The molecule has 0 bridgehead atoms. The number of carbonyl (C=O) groups is 1. The van der Waals surface area contributed by atoms with E-state index in [1.807, 2.05) is 48.7 Å². The molecule has 3 aromatic rings. The standard InChI is InChI=1S/C17H16N4OS/c1-12(13-6-8-18-9-7-13)20-17(22)21-15-4-2-14(3-5-15)16-19-10-11-23-16/h2-12H,1H3,(H2,20,21,22). The number of hydrogen-bond acceptors (Lipinski definition) is 4. The normalized spacial score (nSPS) is 11.7. The highest BCUT2D eigenvalue weighted by molar-refractivity contribution is 7.13. The van der Waals surface area contributed by atoms with Crippen LogP contribution in [0.25, 0.3) is 10.6 Å². The topological polar surface area (TPSA) is 66.9 Å². The molecule has 3 rings (SSSR count). The van der Waals surface area contributed by atoms with Crippen molar-refractivity contribution in [1.29, 1.82) is 0 Å². The van der Waals surface area contributed by atoms with Crippen molar-refractivity contribution in [2.75, 3.05) is 5.32 Å². The fourth-order valence-electron chi connectivity index (χ4n) is 2.16. The highest BCUT2D eigenvalue weighted by Crippen LogP contribution is 2.23. The van der Waals surface area contributed by atoms with E-state index in [-0.39, 0.29) is 12.1 Å². The van der Waals surface area contributed by atoms with Crippen molar-refractivity contribution in [2.45, 2.75) is 13.0 Å². The SMILES string of the molecule is CC(NC(=O)Nc1ccc(-c2nccs2)cc1)c1ccncc1. The van der Waals surface area contributed by atoms with E-state index in [0.717, 1.165) is 21.8 Å². The van der Waals surface area contributed by atoms with Crippen molar-refractivity contribution >= 4 is 23.1 Å². The third-order valence-electron chi connectivity index (χ3n) is 3.38. The first-order chi connectivity index (χ1) is 11.2. The van der Waals surface area contributed by atoms with E-state index >= 15 is 0 Å². The predicted octanol–water partition coefficient (Wildman–Crippen LogP) is 4.09. The van der Waals surface area contributed by atoms with E-state index < -0.39 is 0 Å². The summed E-state index contributed by atoms with van der Waals surface area (Å²) >= 11 is 1.59. The van der Waals surface area contributed by atoms with Gasteiger partial charge >= 0.3 is 6.03 Å². The largest absolute Gasteiger partial charge is 0.331 e. The molecule has 1 atom stereocenters. The second-order valence-corrected chi connectivity index (χ2v) is 5.91. The molecule has 2 heterocycles. The lowest BCUT2D eigenvalue weighted by Crippen LogP contribution is -2.31. The lowest BCUT2D eigenvalue weighted by Gasteiger charge is -2.15. The van der Waals surface area contributed by atoms with E-state index in [9.17, 15) is 4.79 Å². The number of rotatable bonds is 4. The van der Waals surface area contributed by atoms with Gasteiger partial charge in [-0.05, 0) is 48.9 Å². The van der Waals surface area contributed by atoms with Crippen LogP contribution in [0.3, 0.4) is 0 Å². The molecule has 0 fully saturated rings. The third kappa shape index (κ3) is 3.92. The van der Waals surface area contributed by atoms with Crippen molar-refractivity contribution < 1.29 is 4.79 Å². The number of amides is 2. The number of thiazole rings is 1. The van der Waals surface area contributed by atoms with Crippen molar-refractivity contribution in [1.82, 2.24) is 15.3 Å². The van der Waals surface area contributed by atoms with Gasteiger partial charge in [0.05, 0.1) is 6.04 Å². The lowest BCUT2D eigenvalue weighted by molar-refractivity contribution is 0.249. The van der Waals surface area contributed by atoms with Crippen molar-refractivity contribution in [2.24, 2.45) is 0 Å². The second-order valence-electron chi connectivity index (χ2n) is 5.02. The van der Waals surface area contributed by atoms with Gasteiger partial charge in [0, 0.05) is 35.2 Å². The number of anilines is 1. The second kappa shape index (κ2) is 7.02. The average Bonchev–Trinajstić information content (AvgIpc) is 3.11. The molecule has 0 aliphatic rings. The van der Waals surface area contributed by atoms with E-state index in [0.29, 0.717) is 0 Å². The van der Waals surface area contributed by atoms with Gasteiger partial charge < -0.3 is 10.6 Å². The zero-order valence-corrected chi connectivity index (χ0v) is 13.4. The first-order valence-electron chi connectivity index (χ1n) is 7.20. The molecule has 2 aromatic heterocycles. The Hall–Kier alpha value is -2.73. The molecule has 6 heteroatoms. The van der Waals surface area contributed by atoms with Crippen molar-refractivity contribution in [3.63, 3.8) is 0 Å². The highest BCUT2D eigenvalue weighted by Gasteiger charge is 2.09. The van der Waals surface area contributed by atoms with E-state index in [1.165, 1.54) is 0 Å². The van der Waals surface area contributed by atoms with Crippen LogP contribution in [0.2, 0.25) is 0 Å². The Morgan fingerprint density at radius 1 is 1.09 bits per heavy atom. The van der Waals surface area contributed by atoms with Gasteiger partial charge in [-0.15, -0.1) is 11.3 Å². The minimum absolute atomic E-state index is 0.0902. The number of pyridine rings is 1. The molecule has 5 nitrogen and oxygen atoms in total. The van der Waals surface area contributed by atoms with Gasteiger partial charge in [0.1, 0.15) is 5.01 Å². The smallest absolute Gasteiger partial charge is 0.319 e. The van der Waals surface area contributed by atoms with Crippen LogP contribution < -0.4 is 10.6 Å². The highest BCUT2D eigenvalue weighted by atomic mass is 32.1. The van der Waals surface area contributed by atoms with Gasteiger partial charge in [-0.2, -0.15) is 0 Å². The maximum Gasteiger partial charge on any atom is 0.319 e. The number of nitrogens with zero attached hydrogens (tertiary/aromatic N) is 2. The monoisotopic (exact) mass is 324 g/mol. The van der Waals surface area contributed by atoms with Crippen LogP contribution >= 0.6 is 11.3 Å². The maximum atomic E-state index is 12.1. The van der Waals surface area contributed by atoms with Crippen LogP contribution in [0.4, 0.5) is 10.5 Å². The Morgan fingerprint density at radius 2 is 1.83 bits per heavy atom. The average molecular weight is 324 g/mol. The fourth-order valence-corrected chi connectivity index (χ4v) is 2.81. The molecule has 0 aliphatic carbocycles. The molecular weight excluding hydrogens is 308 g/mol. The molecule has 0 aliphatic heterocycles. The lowest BCUT2D eigenvalue weighted by atomic mass is 10.1. The summed E-state index contributed by atoms with van der Waals surface area (Å²) in [6.45, 7) is 1.93. The quantitative estimate of drug-likeness (QED) is 0.759. The first-order valence-corrected chi connectivity index (χ1v) is 8.08.